The summed E-state index contributed by atoms with van der Waals surface area (Å²) in [7, 11) is -2.11. The van der Waals surface area contributed by atoms with Crippen molar-refractivity contribution in [3.05, 3.63) is 99.6 Å². The van der Waals surface area contributed by atoms with Crippen LogP contribution < -0.4 is 5.73 Å². The number of benzene rings is 2. The molecule has 3 N–H and O–H groups in total. The molecule has 2 aromatic heterocycles. The summed E-state index contributed by atoms with van der Waals surface area (Å²) in [6.07, 6.45) is 2.84. The van der Waals surface area contributed by atoms with Gasteiger partial charge in [0.15, 0.2) is 0 Å². The summed E-state index contributed by atoms with van der Waals surface area (Å²) < 4.78 is 45.3. The van der Waals surface area contributed by atoms with E-state index in [0.29, 0.717) is 44.3 Å². The summed E-state index contributed by atoms with van der Waals surface area (Å²) in [5.41, 5.74) is 11.9. The van der Waals surface area contributed by atoms with Gasteiger partial charge in [0, 0.05) is 41.9 Å². The van der Waals surface area contributed by atoms with E-state index in [1.165, 1.54) is 17.2 Å². The van der Waals surface area contributed by atoms with Gasteiger partial charge in [0.2, 0.25) is 0 Å². The van der Waals surface area contributed by atoms with Gasteiger partial charge in [-0.05, 0) is 70.4 Å². The molecule has 0 fully saturated rings. The second kappa shape index (κ2) is 14.1. The van der Waals surface area contributed by atoms with Gasteiger partial charge in [-0.25, -0.2) is 18.2 Å². The normalized spacial score (nSPS) is 13.1. The number of aromatic amines is 1. The van der Waals surface area contributed by atoms with Gasteiger partial charge >= 0.3 is 0 Å². The van der Waals surface area contributed by atoms with E-state index in [1.54, 1.807) is 18.3 Å². The molecule has 10 heteroatoms. The molecule has 0 saturated carbocycles. The van der Waals surface area contributed by atoms with E-state index >= 15 is 8.78 Å². The van der Waals surface area contributed by atoms with Gasteiger partial charge in [0.1, 0.15) is 31.2 Å². The average molecular weight is 679 g/mol. The van der Waals surface area contributed by atoms with Crippen LogP contribution in [0.3, 0.4) is 0 Å². The van der Waals surface area contributed by atoms with Crippen molar-refractivity contribution in [3.63, 3.8) is 0 Å². The number of amides is 2. The number of nitrogens with zero attached hydrogens (tertiary/aromatic N) is 2. The third kappa shape index (κ3) is 6.73. The number of pyridine rings is 1. The lowest BCUT2D eigenvalue weighted by molar-refractivity contribution is 0.0697. The van der Waals surface area contributed by atoms with Crippen LogP contribution in [0.4, 0.5) is 13.2 Å². The molecule has 4 aromatic rings. The Kier molecular flexibility index (Phi) is 10.1. The largest absolute Gasteiger partial charge is 0.366 e. The lowest BCUT2D eigenvalue weighted by Crippen LogP contribution is -2.43. The number of nitrogens with one attached hydrogen (secondary N) is 1. The third-order valence-electron chi connectivity index (χ3n) is 9.46. The number of hydrogen-bond acceptors (Lipinski definition) is 3. The average Bonchev–Trinajstić information content (AvgIpc) is 3.64. The highest BCUT2D eigenvalue weighted by Crippen LogP contribution is 2.41. The molecule has 2 amide bonds. The molecule has 0 aliphatic carbocycles. The van der Waals surface area contributed by atoms with E-state index in [1.807, 2.05) is 0 Å². The quantitative estimate of drug-likeness (QED) is 0.154. The number of primary amides is 1. The Morgan fingerprint density at radius 1 is 0.980 bits per heavy atom. The molecular formula is C39H37F3N4O2Si. The molecule has 2 aromatic carbocycles. The number of nitrogens with two attached hydrogens (primary N) is 1. The van der Waals surface area contributed by atoms with Gasteiger partial charge in [-0.2, -0.15) is 0 Å². The Morgan fingerprint density at radius 3 is 2.37 bits per heavy atom. The van der Waals surface area contributed by atoms with E-state index < -0.39 is 43.4 Å². The summed E-state index contributed by atoms with van der Waals surface area (Å²) >= 11 is 0. The zero-order valence-electron chi connectivity index (χ0n) is 28.3. The summed E-state index contributed by atoms with van der Waals surface area (Å²) in [5.74, 6) is 10.8. The molecule has 1 aliphatic rings. The van der Waals surface area contributed by atoms with Gasteiger partial charge in [0.05, 0.1) is 22.7 Å². The van der Waals surface area contributed by atoms with Crippen LogP contribution in [-0.4, -0.2) is 34.8 Å². The monoisotopic (exact) mass is 678 g/mol. The minimum atomic E-state index is -2.11. The van der Waals surface area contributed by atoms with Crippen molar-refractivity contribution in [1.82, 2.24) is 14.9 Å². The zero-order chi connectivity index (χ0) is 35.6. The molecule has 5 rings (SSSR count). The number of halogens is 3. The highest BCUT2D eigenvalue weighted by molar-refractivity contribution is 6.90. The number of fused-ring (bicyclic) bond motifs is 2. The lowest BCUT2D eigenvalue weighted by atomic mass is 10.0. The fourth-order valence-electron chi connectivity index (χ4n) is 7.14. The van der Waals surface area contributed by atoms with Gasteiger partial charge in [-0.3, -0.25) is 9.59 Å². The van der Waals surface area contributed by atoms with E-state index in [-0.39, 0.29) is 29.7 Å². The predicted octanol–water partition coefficient (Wildman–Crippen LogP) is 7.79. The van der Waals surface area contributed by atoms with Crippen LogP contribution in [0.5, 0.6) is 0 Å². The van der Waals surface area contributed by atoms with E-state index in [4.69, 9.17) is 5.73 Å². The van der Waals surface area contributed by atoms with Crippen LogP contribution in [0.2, 0.25) is 16.6 Å². The van der Waals surface area contributed by atoms with Crippen LogP contribution in [0.25, 0.3) is 11.0 Å². The molecule has 0 bridgehead atoms. The molecule has 0 saturated heterocycles. The maximum Gasteiger partial charge on any atom is 0.258 e. The second-order valence-electron chi connectivity index (χ2n) is 13.2. The van der Waals surface area contributed by atoms with Crippen LogP contribution in [0.1, 0.15) is 97.0 Å². The van der Waals surface area contributed by atoms with Crippen LogP contribution in [0, 0.1) is 52.6 Å². The van der Waals surface area contributed by atoms with Crippen molar-refractivity contribution >= 4 is 30.9 Å². The Hall–Kier alpha value is -5.24. The SMILES string of the molecule is CC(C)[Si](C#Cc1cc(F)c2c(c1)CN(C(CC#CC#Cc1c(C(N)=O)cnc3[nH]ccc13)c1cc(F)ccc1F)C2=O)(C(C)C)C(C)C. The minimum absolute atomic E-state index is 0.0415. The Morgan fingerprint density at radius 2 is 1.69 bits per heavy atom. The van der Waals surface area contributed by atoms with Crippen LogP contribution in [0.15, 0.2) is 48.8 Å². The molecule has 250 valence electrons. The summed E-state index contributed by atoms with van der Waals surface area (Å²) in [6.45, 7) is 13.1. The number of carbonyl (C=O) groups excluding carboxylic acids is 2. The molecule has 1 atom stereocenters. The Balaban J connectivity index is 1.50. The zero-order valence-corrected chi connectivity index (χ0v) is 29.3. The molecule has 6 nitrogen and oxygen atoms in total. The second-order valence-corrected chi connectivity index (χ2v) is 18.7. The van der Waals surface area contributed by atoms with Crippen molar-refractivity contribution in [3.8, 4) is 35.1 Å². The molecule has 3 heterocycles. The topological polar surface area (TPSA) is 92.1 Å². The predicted molar refractivity (Wildman–Crippen MR) is 187 cm³/mol. The number of aromatic nitrogens is 2. The maximum atomic E-state index is 15.6. The lowest BCUT2D eigenvalue weighted by Gasteiger charge is -2.38. The van der Waals surface area contributed by atoms with Crippen molar-refractivity contribution in [2.75, 3.05) is 0 Å². The first-order valence-corrected chi connectivity index (χ1v) is 18.4. The van der Waals surface area contributed by atoms with Crippen molar-refractivity contribution in [2.24, 2.45) is 5.73 Å². The first-order chi connectivity index (χ1) is 23.3. The van der Waals surface area contributed by atoms with Crippen molar-refractivity contribution in [1.29, 1.82) is 0 Å². The van der Waals surface area contributed by atoms with E-state index in [9.17, 15) is 14.0 Å². The van der Waals surface area contributed by atoms with Gasteiger partial charge in [-0.15, -0.1) is 5.54 Å². The highest BCUT2D eigenvalue weighted by atomic mass is 28.3. The number of carbonyl (C=O) groups is 2. The minimum Gasteiger partial charge on any atom is -0.366 e. The third-order valence-corrected chi connectivity index (χ3v) is 15.7. The first kappa shape index (κ1) is 35.1. The Bertz CT molecular complexity index is 2130. The smallest absolute Gasteiger partial charge is 0.258 e. The molecule has 0 spiro atoms. The number of hydrogen-bond donors (Lipinski definition) is 2. The number of H-pyrrole nitrogens is 1. The highest BCUT2D eigenvalue weighted by Gasteiger charge is 2.42. The summed E-state index contributed by atoms with van der Waals surface area (Å²) in [5, 5.41) is 0.586. The van der Waals surface area contributed by atoms with Gasteiger partial charge in [0.25, 0.3) is 11.8 Å². The maximum absolute atomic E-state index is 15.6. The fourth-order valence-corrected chi connectivity index (χ4v) is 12.4. The van der Waals surface area contributed by atoms with Crippen molar-refractivity contribution < 1.29 is 22.8 Å². The van der Waals surface area contributed by atoms with Crippen LogP contribution >= 0.6 is 0 Å². The Labute approximate surface area is 285 Å². The molecule has 0 radical (unpaired) electrons. The first-order valence-electron chi connectivity index (χ1n) is 16.1. The van der Waals surface area contributed by atoms with Crippen molar-refractivity contribution in [2.45, 2.75) is 77.2 Å². The molecule has 1 unspecified atom stereocenters. The van der Waals surface area contributed by atoms with Gasteiger partial charge in [-0.1, -0.05) is 59.3 Å². The van der Waals surface area contributed by atoms with Crippen LogP contribution in [-0.2, 0) is 6.54 Å². The summed E-state index contributed by atoms with van der Waals surface area (Å²) in [6, 6.07) is 6.63. The van der Waals surface area contributed by atoms with Gasteiger partial charge < -0.3 is 15.6 Å². The molecular weight excluding hydrogens is 642 g/mol. The summed E-state index contributed by atoms with van der Waals surface area (Å²) in [4.78, 5) is 34.1. The number of rotatable bonds is 7. The van der Waals surface area contributed by atoms with E-state index in [2.05, 4.69) is 86.7 Å². The standard InChI is InChI=1S/C39H37F3N4O2Si/c1-23(2)49(24(3)4,25(5)6)17-15-26-18-27-22-46(39(48)36(27)34(42)19-26)35(31-20-28(40)12-13-33(31)41)11-9-7-8-10-29-30-14-16-44-38(30)45-21-32(29)37(43)47/h12-14,16,18-21,23-25,35H,11,22H2,1-6H3,(H2,43,47)(H,44,45). The molecule has 49 heavy (non-hydrogen) atoms. The molecule has 1 aliphatic heterocycles. The van der Waals surface area contributed by atoms with E-state index in [0.717, 1.165) is 18.2 Å². The fraction of sp³-hybridized carbons (Fsp3) is 0.308.